The summed E-state index contributed by atoms with van der Waals surface area (Å²) in [6.07, 6.45) is 0.938. The van der Waals surface area contributed by atoms with Gasteiger partial charge in [-0.3, -0.25) is 9.89 Å². The maximum atomic E-state index is 12.8. The van der Waals surface area contributed by atoms with Crippen molar-refractivity contribution in [2.24, 2.45) is 11.3 Å². The number of alkyl halides is 2. The number of hydrogen-bond acceptors (Lipinski definition) is 4. The molecule has 4 heterocycles. The number of piperidine rings is 1. The van der Waals surface area contributed by atoms with Crippen molar-refractivity contribution < 1.29 is 23.1 Å². The Kier molecular flexibility index (Phi) is 4.49. The minimum Gasteiger partial charge on any atom is -0.366 e. The largest absolute Gasteiger partial charge is 0.366 e. The minimum absolute atomic E-state index is 0.0000547. The van der Waals surface area contributed by atoms with Crippen LogP contribution in [-0.4, -0.2) is 76.9 Å². The number of ether oxygens (including phenoxy) is 1. The number of halogens is 2. The summed E-state index contributed by atoms with van der Waals surface area (Å²) in [6, 6.07) is 1.36. The molecule has 1 aromatic rings. The Bertz CT molecular complexity index is 802. The van der Waals surface area contributed by atoms with E-state index in [2.05, 4.69) is 15.5 Å². The fourth-order valence-corrected chi connectivity index (χ4v) is 5.45. The molecule has 5 rings (SSSR count). The van der Waals surface area contributed by atoms with Crippen molar-refractivity contribution in [3.8, 4) is 0 Å². The van der Waals surface area contributed by atoms with Gasteiger partial charge in [-0.1, -0.05) is 0 Å². The monoisotopic (exact) mass is 409 g/mol. The molecule has 3 amide bonds. The Morgan fingerprint density at radius 2 is 2.14 bits per heavy atom. The first-order valence-electron chi connectivity index (χ1n) is 10.2. The van der Waals surface area contributed by atoms with Crippen LogP contribution in [0.3, 0.4) is 0 Å². The maximum absolute atomic E-state index is 12.8. The molecular weight excluding hydrogens is 384 g/mol. The van der Waals surface area contributed by atoms with Gasteiger partial charge in [0.05, 0.1) is 12.1 Å². The van der Waals surface area contributed by atoms with Crippen molar-refractivity contribution in [1.82, 2.24) is 25.3 Å². The first-order valence-corrected chi connectivity index (χ1v) is 10.2. The molecule has 1 spiro atoms. The fourth-order valence-electron chi connectivity index (χ4n) is 5.45. The number of morpholine rings is 1. The second-order valence-electron chi connectivity index (χ2n) is 8.99. The zero-order valence-electron chi connectivity index (χ0n) is 16.1. The van der Waals surface area contributed by atoms with E-state index >= 15 is 0 Å². The summed E-state index contributed by atoms with van der Waals surface area (Å²) in [5.74, 6) is 0.325. The highest BCUT2D eigenvalue weighted by atomic mass is 19.3. The quantitative estimate of drug-likeness (QED) is 0.788. The third-order valence-corrected chi connectivity index (χ3v) is 6.74. The number of rotatable bonds is 3. The summed E-state index contributed by atoms with van der Waals surface area (Å²) in [6.45, 7) is 2.75. The van der Waals surface area contributed by atoms with E-state index in [1.54, 1.807) is 0 Å². The van der Waals surface area contributed by atoms with Gasteiger partial charge in [0, 0.05) is 37.3 Å². The van der Waals surface area contributed by atoms with E-state index < -0.39 is 6.43 Å². The first-order chi connectivity index (χ1) is 13.9. The highest BCUT2D eigenvalue weighted by Gasteiger charge is 2.54. The number of likely N-dealkylation sites (tertiary alicyclic amines) is 2. The van der Waals surface area contributed by atoms with Crippen molar-refractivity contribution >= 4 is 11.9 Å². The molecule has 3 aliphatic heterocycles. The van der Waals surface area contributed by atoms with E-state index in [1.807, 2.05) is 9.80 Å². The maximum Gasteiger partial charge on any atom is 0.320 e. The molecule has 0 bridgehead atoms. The molecular formula is C19H25F2N5O3. The number of aromatic nitrogens is 2. The minimum atomic E-state index is -2.54. The van der Waals surface area contributed by atoms with Gasteiger partial charge in [-0.2, -0.15) is 5.10 Å². The van der Waals surface area contributed by atoms with Gasteiger partial charge in [0.1, 0.15) is 12.3 Å². The molecule has 2 N–H and O–H groups in total. The number of carbonyl (C=O) groups is 2. The molecule has 8 nitrogen and oxygen atoms in total. The molecule has 158 valence electrons. The van der Waals surface area contributed by atoms with Crippen LogP contribution in [0.5, 0.6) is 0 Å². The smallest absolute Gasteiger partial charge is 0.320 e. The van der Waals surface area contributed by atoms with E-state index in [4.69, 9.17) is 4.74 Å². The summed E-state index contributed by atoms with van der Waals surface area (Å²) in [5, 5.41) is 9.28. The molecule has 1 saturated carbocycles. The van der Waals surface area contributed by atoms with Gasteiger partial charge < -0.3 is 19.9 Å². The molecule has 0 radical (unpaired) electrons. The number of H-pyrrole nitrogens is 1. The molecule has 0 unspecified atom stereocenters. The number of urea groups is 1. The van der Waals surface area contributed by atoms with Crippen LogP contribution < -0.4 is 5.32 Å². The molecule has 0 aromatic carbocycles. The molecule has 1 aromatic heterocycles. The van der Waals surface area contributed by atoms with E-state index in [1.165, 1.54) is 6.07 Å². The Morgan fingerprint density at radius 3 is 2.86 bits per heavy atom. The highest BCUT2D eigenvalue weighted by Crippen LogP contribution is 2.53. The Balaban J connectivity index is 1.08. The van der Waals surface area contributed by atoms with Crippen molar-refractivity contribution in [1.29, 1.82) is 0 Å². The molecule has 2 atom stereocenters. The van der Waals surface area contributed by atoms with Gasteiger partial charge in [-0.05, 0) is 37.7 Å². The summed E-state index contributed by atoms with van der Waals surface area (Å²) < 4.78 is 30.8. The summed E-state index contributed by atoms with van der Waals surface area (Å²) >= 11 is 0. The molecule has 4 aliphatic rings. The number of carbonyl (C=O) groups excluding carboxylic acids is 2. The summed E-state index contributed by atoms with van der Waals surface area (Å²) in [4.78, 5) is 28.0. The fraction of sp³-hybridized carbons (Fsp3) is 0.737. The normalized spacial score (nSPS) is 28.7. The van der Waals surface area contributed by atoms with Crippen molar-refractivity contribution in [3.63, 3.8) is 0 Å². The molecule has 29 heavy (non-hydrogen) atoms. The SMILES string of the molecule is O=C1CO[C@H]2CCN(C(=O)N3CC4(CC(Cc5cc(C(F)F)n[nH]5)C4)C3)C[C@H]2N1. The lowest BCUT2D eigenvalue weighted by molar-refractivity contribution is -0.140. The van der Waals surface area contributed by atoms with Crippen molar-refractivity contribution in [2.45, 2.75) is 44.3 Å². The highest BCUT2D eigenvalue weighted by molar-refractivity contribution is 5.79. The zero-order chi connectivity index (χ0) is 20.2. The Morgan fingerprint density at radius 1 is 1.34 bits per heavy atom. The van der Waals surface area contributed by atoms with Gasteiger partial charge in [0.2, 0.25) is 5.91 Å². The van der Waals surface area contributed by atoms with Crippen LogP contribution in [0.2, 0.25) is 0 Å². The molecule has 3 saturated heterocycles. The van der Waals surface area contributed by atoms with Gasteiger partial charge in [0.15, 0.2) is 0 Å². The average molecular weight is 409 g/mol. The van der Waals surface area contributed by atoms with E-state index in [-0.39, 0.29) is 41.8 Å². The van der Waals surface area contributed by atoms with Crippen molar-refractivity contribution in [2.75, 3.05) is 32.8 Å². The number of amides is 3. The van der Waals surface area contributed by atoms with Crippen LogP contribution in [0, 0.1) is 11.3 Å². The predicted molar refractivity (Wildman–Crippen MR) is 97.2 cm³/mol. The molecule has 10 heteroatoms. The van der Waals surface area contributed by atoms with E-state index in [9.17, 15) is 18.4 Å². The number of nitrogens with one attached hydrogen (secondary N) is 2. The van der Waals surface area contributed by atoms with Gasteiger partial charge in [-0.25, -0.2) is 13.6 Å². The number of aromatic amines is 1. The van der Waals surface area contributed by atoms with Gasteiger partial charge in [-0.15, -0.1) is 0 Å². The van der Waals surface area contributed by atoms with Crippen molar-refractivity contribution in [3.05, 3.63) is 17.5 Å². The molecule has 4 fully saturated rings. The second kappa shape index (κ2) is 6.93. The van der Waals surface area contributed by atoms with E-state index in [0.717, 1.165) is 44.5 Å². The lowest BCUT2D eigenvalue weighted by Crippen LogP contribution is -2.68. The average Bonchev–Trinajstić information content (AvgIpc) is 3.10. The number of hydrogen-bond donors (Lipinski definition) is 2. The van der Waals surface area contributed by atoms with Crippen LogP contribution in [0.25, 0.3) is 0 Å². The topological polar surface area (TPSA) is 90.6 Å². The Hall–Kier alpha value is -2.23. The zero-order valence-corrected chi connectivity index (χ0v) is 16.1. The molecule has 1 aliphatic carbocycles. The standard InChI is InChI=1S/C19H25F2N5O3/c20-17(21)13-4-12(23-24-13)3-11-5-19(6-11)9-26(10-19)18(28)25-2-1-15-14(7-25)22-16(27)8-29-15/h4,11,14-15,17H,1-3,5-10H2,(H,22,27)(H,23,24)/t14-,15+/m1/s1. The van der Waals surface area contributed by atoms with E-state index in [0.29, 0.717) is 19.0 Å². The second-order valence-corrected chi connectivity index (χ2v) is 8.99. The number of nitrogens with zero attached hydrogens (tertiary/aromatic N) is 3. The summed E-state index contributed by atoms with van der Waals surface area (Å²) in [5.41, 5.74) is 0.747. The number of fused-ring (bicyclic) bond motifs is 1. The van der Waals surface area contributed by atoms with Crippen LogP contribution in [0.15, 0.2) is 6.07 Å². The predicted octanol–water partition coefficient (Wildman–Crippen LogP) is 1.31. The van der Waals surface area contributed by atoms with Crippen LogP contribution in [0.4, 0.5) is 13.6 Å². The third kappa shape index (κ3) is 3.47. The van der Waals surface area contributed by atoms with Gasteiger partial charge >= 0.3 is 6.03 Å². The summed E-state index contributed by atoms with van der Waals surface area (Å²) in [7, 11) is 0. The lowest BCUT2D eigenvalue weighted by Gasteiger charge is -2.60. The Labute approximate surface area is 166 Å². The lowest BCUT2D eigenvalue weighted by atomic mass is 9.57. The van der Waals surface area contributed by atoms with Crippen LogP contribution in [0.1, 0.15) is 37.1 Å². The van der Waals surface area contributed by atoms with Gasteiger partial charge in [0.25, 0.3) is 6.43 Å². The first kappa shape index (κ1) is 18.8. The third-order valence-electron chi connectivity index (χ3n) is 6.74. The van der Waals surface area contributed by atoms with Crippen LogP contribution >= 0.6 is 0 Å². The van der Waals surface area contributed by atoms with Crippen LogP contribution in [-0.2, 0) is 16.0 Å².